The molecular weight excluding hydrogens is 308 g/mol. The SMILES string of the molecule is CCCn1ncc(Br)c1C(O)C(O)C1CCCCC1. The Morgan fingerprint density at radius 3 is 2.68 bits per heavy atom. The molecule has 2 atom stereocenters. The molecule has 2 rings (SSSR count). The molecule has 0 radical (unpaired) electrons. The average Bonchev–Trinajstić information content (AvgIpc) is 2.80. The minimum absolute atomic E-state index is 0.209. The molecule has 1 heterocycles. The van der Waals surface area contributed by atoms with Crippen LogP contribution >= 0.6 is 15.9 Å². The van der Waals surface area contributed by atoms with Gasteiger partial charge in [0.1, 0.15) is 6.10 Å². The molecule has 2 N–H and O–H groups in total. The zero-order chi connectivity index (χ0) is 13.8. The maximum Gasteiger partial charge on any atom is 0.123 e. The molecule has 2 unspecified atom stereocenters. The molecule has 4 nitrogen and oxygen atoms in total. The molecule has 1 aliphatic carbocycles. The van der Waals surface area contributed by atoms with Crippen LogP contribution in [0.3, 0.4) is 0 Å². The van der Waals surface area contributed by atoms with E-state index in [4.69, 9.17) is 0 Å². The van der Waals surface area contributed by atoms with E-state index in [0.29, 0.717) is 5.69 Å². The lowest BCUT2D eigenvalue weighted by atomic mass is 9.83. The number of hydrogen-bond donors (Lipinski definition) is 2. The summed E-state index contributed by atoms with van der Waals surface area (Å²) in [5, 5.41) is 25.1. The third-order valence-electron chi connectivity index (χ3n) is 4.01. The lowest BCUT2D eigenvalue weighted by Crippen LogP contribution is -2.31. The van der Waals surface area contributed by atoms with Crippen LogP contribution < -0.4 is 0 Å². The van der Waals surface area contributed by atoms with Gasteiger partial charge in [-0.25, -0.2) is 0 Å². The van der Waals surface area contributed by atoms with Crippen LogP contribution in [-0.4, -0.2) is 26.1 Å². The van der Waals surface area contributed by atoms with Crippen LogP contribution in [0.15, 0.2) is 10.7 Å². The third-order valence-corrected chi connectivity index (χ3v) is 4.62. The monoisotopic (exact) mass is 330 g/mol. The summed E-state index contributed by atoms with van der Waals surface area (Å²) in [5.74, 6) is 0.209. The van der Waals surface area contributed by atoms with Crippen LogP contribution in [0.2, 0.25) is 0 Å². The topological polar surface area (TPSA) is 58.3 Å². The van der Waals surface area contributed by atoms with Gasteiger partial charge in [-0.05, 0) is 41.1 Å². The molecule has 19 heavy (non-hydrogen) atoms. The van der Waals surface area contributed by atoms with Gasteiger partial charge in [-0.3, -0.25) is 4.68 Å². The molecule has 1 aliphatic rings. The largest absolute Gasteiger partial charge is 0.390 e. The summed E-state index contributed by atoms with van der Waals surface area (Å²) in [7, 11) is 0. The Morgan fingerprint density at radius 1 is 1.37 bits per heavy atom. The van der Waals surface area contributed by atoms with Crippen LogP contribution in [0.25, 0.3) is 0 Å². The summed E-state index contributed by atoms with van der Waals surface area (Å²) in [6, 6.07) is 0. The summed E-state index contributed by atoms with van der Waals surface area (Å²) in [6.07, 6.45) is 6.69. The number of nitrogens with zero attached hydrogens (tertiary/aromatic N) is 2. The van der Waals surface area contributed by atoms with Crippen LogP contribution in [0.1, 0.15) is 57.2 Å². The highest BCUT2D eigenvalue weighted by Gasteiger charge is 2.31. The summed E-state index contributed by atoms with van der Waals surface area (Å²) < 4.78 is 2.57. The lowest BCUT2D eigenvalue weighted by molar-refractivity contribution is -0.0329. The fourth-order valence-electron chi connectivity index (χ4n) is 2.95. The average molecular weight is 331 g/mol. The van der Waals surface area contributed by atoms with Gasteiger partial charge >= 0.3 is 0 Å². The molecule has 0 aliphatic heterocycles. The van der Waals surface area contributed by atoms with Gasteiger partial charge in [0, 0.05) is 6.54 Å². The quantitative estimate of drug-likeness (QED) is 0.872. The predicted molar refractivity (Wildman–Crippen MR) is 77.8 cm³/mol. The maximum atomic E-state index is 10.5. The number of rotatable bonds is 5. The van der Waals surface area contributed by atoms with Gasteiger partial charge < -0.3 is 10.2 Å². The highest BCUT2D eigenvalue weighted by Crippen LogP contribution is 2.34. The molecule has 108 valence electrons. The van der Waals surface area contributed by atoms with E-state index in [1.165, 1.54) is 6.42 Å². The second-order valence-corrected chi connectivity index (χ2v) is 6.29. The first-order valence-electron chi connectivity index (χ1n) is 7.22. The van der Waals surface area contributed by atoms with Crippen molar-refractivity contribution in [2.75, 3.05) is 0 Å². The van der Waals surface area contributed by atoms with Crippen LogP contribution in [0, 0.1) is 5.92 Å². The van der Waals surface area contributed by atoms with Gasteiger partial charge in [0.15, 0.2) is 0 Å². The summed E-state index contributed by atoms with van der Waals surface area (Å²) in [6.45, 7) is 2.83. The number of aliphatic hydroxyl groups excluding tert-OH is 2. The molecule has 1 aromatic rings. The number of aliphatic hydroxyl groups is 2. The fraction of sp³-hybridized carbons (Fsp3) is 0.786. The molecular formula is C14H23BrN2O2. The normalized spacial score (nSPS) is 20.4. The second kappa shape index (κ2) is 6.86. The van der Waals surface area contributed by atoms with E-state index in [1.54, 1.807) is 10.9 Å². The molecule has 1 fully saturated rings. The van der Waals surface area contributed by atoms with Crippen molar-refractivity contribution < 1.29 is 10.2 Å². The summed E-state index contributed by atoms with van der Waals surface area (Å²) >= 11 is 3.43. The van der Waals surface area contributed by atoms with E-state index >= 15 is 0 Å². The van der Waals surface area contributed by atoms with Crippen LogP contribution in [0.4, 0.5) is 0 Å². The molecule has 0 saturated heterocycles. The van der Waals surface area contributed by atoms with E-state index in [2.05, 4.69) is 28.0 Å². The number of hydrogen-bond acceptors (Lipinski definition) is 3. The molecule has 0 amide bonds. The van der Waals surface area contributed by atoms with E-state index in [-0.39, 0.29) is 5.92 Å². The fourth-order valence-corrected chi connectivity index (χ4v) is 3.48. The Balaban J connectivity index is 2.13. The molecule has 0 spiro atoms. The number of aryl methyl sites for hydroxylation is 1. The zero-order valence-corrected chi connectivity index (χ0v) is 13.0. The molecule has 1 saturated carbocycles. The minimum atomic E-state index is -0.855. The Hall–Kier alpha value is -0.390. The van der Waals surface area contributed by atoms with Crippen molar-refractivity contribution in [3.63, 3.8) is 0 Å². The smallest absolute Gasteiger partial charge is 0.123 e. The first-order valence-corrected chi connectivity index (χ1v) is 8.01. The van der Waals surface area contributed by atoms with Crippen molar-refractivity contribution in [1.29, 1.82) is 0 Å². The maximum absolute atomic E-state index is 10.5. The van der Waals surface area contributed by atoms with Crippen molar-refractivity contribution in [3.05, 3.63) is 16.4 Å². The van der Waals surface area contributed by atoms with E-state index < -0.39 is 12.2 Å². The molecule has 1 aromatic heterocycles. The summed E-state index contributed by atoms with van der Waals surface area (Å²) in [5.41, 5.74) is 0.708. The first-order chi connectivity index (χ1) is 9.15. The van der Waals surface area contributed by atoms with Crippen molar-refractivity contribution in [2.45, 2.75) is 64.2 Å². The summed E-state index contributed by atoms with van der Waals surface area (Å²) in [4.78, 5) is 0. The van der Waals surface area contributed by atoms with Crippen LogP contribution in [0.5, 0.6) is 0 Å². The lowest BCUT2D eigenvalue weighted by Gasteiger charge is -2.30. The van der Waals surface area contributed by atoms with E-state index in [1.807, 2.05) is 0 Å². The highest BCUT2D eigenvalue weighted by molar-refractivity contribution is 9.10. The minimum Gasteiger partial charge on any atom is -0.390 e. The van der Waals surface area contributed by atoms with Gasteiger partial charge in [0.25, 0.3) is 0 Å². The van der Waals surface area contributed by atoms with Crippen molar-refractivity contribution >= 4 is 15.9 Å². The Labute approximate surface area is 123 Å². The van der Waals surface area contributed by atoms with Crippen molar-refractivity contribution in [2.24, 2.45) is 5.92 Å². The van der Waals surface area contributed by atoms with Gasteiger partial charge in [0.2, 0.25) is 0 Å². The van der Waals surface area contributed by atoms with E-state index in [9.17, 15) is 10.2 Å². The Bertz CT molecular complexity index is 402. The van der Waals surface area contributed by atoms with Crippen molar-refractivity contribution in [3.8, 4) is 0 Å². The van der Waals surface area contributed by atoms with E-state index in [0.717, 1.165) is 43.1 Å². The van der Waals surface area contributed by atoms with Gasteiger partial charge in [0.05, 0.1) is 22.5 Å². The standard InChI is InChI=1S/C14H23BrN2O2/c1-2-8-17-12(11(15)9-16-17)14(19)13(18)10-6-4-3-5-7-10/h9-10,13-14,18-19H,2-8H2,1H3. The molecule has 0 bridgehead atoms. The Morgan fingerprint density at radius 2 is 2.05 bits per heavy atom. The second-order valence-electron chi connectivity index (χ2n) is 5.43. The number of halogens is 1. The van der Waals surface area contributed by atoms with Gasteiger partial charge in [-0.2, -0.15) is 5.10 Å². The zero-order valence-electron chi connectivity index (χ0n) is 11.4. The highest BCUT2D eigenvalue weighted by atomic mass is 79.9. The number of aromatic nitrogens is 2. The van der Waals surface area contributed by atoms with Gasteiger partial charge in [-0.15, -0.1) is 0 Å². The third kappa shape index (κ3) is 3.38. The van der Waals surface area contributed by atoms with Crippen molar-refractivity contribution in [1.82, 2.24) is 9.78 Å². The van der Waals surface area contributed by atoms with Gasteiger partial charge in [-0.1, -0.05) is 26.2 Å². The molecule has 5 heteroatoms. The molecule has 0 aromatic carbocycles. The first kappa shape index (κ1) is 15.0. The van der Waals surface area contributed by atoms with Crippen LogP contribution in [-0.2, 0) is 6.54 Å². The Kier molecular flexibility index (Phi) is 5.42. The predicted octanol–water partition coefficient (Wildman–Crippen LogP) is 3.03.